The number of rotatable bonds is 2. The van der Waals surface area contributed by atoms with E-state index >= 15 is 0 Å². The Kier molecular flexibility index (Phi) is 5.28. The third kappa shape index (κ3) is 3.71. The predicted molar refractivity (Wildman–Crippen MR) is 106 cm³/mol. The Bertz CT molecular complexity index is 1010. The van der Waals surface area contributed by atoms with Crippen LogP contribution in [0.5, 0.6) is 5.75 Å². The Morgan fingerprint density at radius 2 is 1.74 bits per heavy atom. The van der Waals surface area contributed by atoms with Crippen molar-refractivity contribution in [1.82, 2.24) is 5.32 Å². The van der Waals surface area contributed by atoms with Gasteiger partial charge in [-0.1, -0.05) is 39.1 Å². The number of hydrogen-bond donors (Lipinski definition) is 2. The van der Waals surface area contributed by atoms with Crippen LogP contribution in [0.1, 0.15) is 11.1 Å². The quantitative estimate of drug-likeness (QED) is 0.503. The number of barbiturate groups is 1. The van der Waals surface area contributed by atoms with Crippen LogP contribution in [0, 0.1) is 6.92 Å². The number of benzene rings is 2. The molecule has 9 heteroatoms. The van der Waals surface area contributed by atoms with Gasteiger partial charge in [0.1, 0.15) is 5.57 Å². The zero-order valence-corrected chi connectivity index (χ0v) is 16.8. The summed E-state index contributed by atoms with van der Waals surface area (Å²) in [6, 6.07) is 6.77. The number of amides is 4. The molecule has 0 radical (unpaired) electrons. The fourth-order valence-corrected chi connectivity index (χ4v) is 3.25. The zero-order chi connectivity index (χ0) is 19.9. The molecule has 138 valence electrons. The molecule has 1 saturated heterocycles. The first kappa shape index (κ1) is 19.4. The monoisotopic (exact) mass is 468 g/mol. The fraction of sp³-hybridized carbons (Fsp3) is 0.0556. The van der Waals surface area contributed by atoms with Crippen molar-refractivity contribution in [2.75, 3.05) is 4.90 Å². The molecule has 2 aromatic rings. The molecule has 0 aliphatic carbocycles. The molecule has 1 aliphatic rings. The van der Waals surface area contributed by atoms with Crippen molar-refractivity contribution in [3.05, 3.63) is 61.5 Å². The minimum Gasteiger partial charge on any atom is -0.505 e. The number of anilines is 1. The average molecular weight is 470 g/mol. The highest BCUT2D eigenvalue weighted by atomic mass is 79.9. The number of phenols is 1. The van der Waals surface area contributed by atoms with Gasteiger partial charge in [0.2, 0.25) is 0 Å². The van der Waals surface area contributed by atoms with Gasteiger partial charge in [-0.25, -0.2) is 9.69 Å². The molecule has 4 amide bonds. The highest BCUT2D eigenvalue weighted by Gasteiger charge is 2.37. The molecule has 1 aliphatic heterocycles. The van der Waals surface area contributed by atoms with E-state index in [4.69, 9.17) is 23.2 Å². The second kappa shape index (κ2) is 7.34. The summed E-state index contributed by atoms with van der Waals surface area (Å²) in [5, 5.41) is 11.7. The van der Waals surface area contributed by atoms with Crippen LogP contribution in [0.3, 0.4) is 0 Å². The summed E-state index contributed by atoms with van der Waals surface area (Å²) in [4.78, 5) is 38.1. The van der Waals surface area contributed by atoms with Gasteiger partial charge in [-0.15, -0.1) is 0 Å². The van der Waals surface area contributed by atoms with Crippen LogP contribution in [-0.2, 0) is 9.59 Å². The maximum Gasteiger partial charge on any atom is 0.335 e. The number of aromatic hydroxyl groups is 1. The summed E-state index contributed by atoms with van der Waals surface area (Å²) in [5.41, 5.74) is 1.18. The highest BCUT2D eigenvalue weighted by Crippen LogP contribution is 2.34. The van der Waals surface area contributed by atoms with Crippen molar-refractivity contribution in [3.63, 3.8) is 0 Å². The Labute approximate surface area is 172 Å². The molecule has 2 aromatic carbocycles. The van der Waals surface area contributed by atoms with Crippen LogP contribution >= 0.6 is 39.1 Å². The molecule has 2 N–H and O–H groups in total. The molecular weight excluding hydrogens is 459 g/mol. The predicted octanol–water partition coefficient (Wildman–Crippen LogP) is 4.44. The maximum atomic E-state index is 12.8. The largest absolute Gasteiger partial charge is 0.505 e. The summed E-state index contributed by atoms with van der Waals surface area (Å²) in [6.07, 6.45) is 1.25. The number of hydrogen-bond acceptors (Lipinski definition) is 4. The van der Waals surface area contributed by atoms with E-state index in [-0.39, 0.29) is 21.4 Å². The van der Waals surface area contributed by atoms with E-state index in [2.05, 4.69) is 21.2 Å². The summed E-state index contributed by atoms with van der Waals surface area (Å²) in [7, 11) is 0. The van der Waals surface area contributed by atoms with Crippen LogP contribution in [-0.4, -0.2) is 23.0 Å². The lowest BCUT2D eigenvalue weighted by Crippen LogP contribution is -2.54. The maximum absolute atomic E-state index is 12.8. The SMILES string of the molecule is Cc1cc(N2C(=O)NC(=O)/C(=C/c3cc(Cl)c(O)c(Cl)c3)C2=O)ccc1Br. The molecule has 1 heterocycles. The minimum atomic E-state index is -0.842. The van der Waals surface area contributed by atoms with Gasteiger partial charge in [-0.2, -0.15) is 0 Å². The molecule has 0 aromatic heterocycles. The van der Waals surface area contributed by atoms with Crippen molar-refractivity contribution in [2.45, 2.75) is 6.92 Å². The van der Waals surface area contributed by atoms with Gasteiger partial charge in [0.05, 0.1) is 15.7 Å². The lowest BCUT2D eigenvalue weighted by molar-refractivity contribution is -0.122. The van der Waals surface area contributed by atoms with Crippen molar-refractivity contribution in [1.29, 1.82) is 0 Å². The van der Waals surface area contributed by atoms with E-state index in [1.54, 1.807) is 18.2 Å². The Morgan fingerprint density at radius 1 is 1.11 bits per heavy atom. The number of phenolic OH excluding ortho intramolecular Hbond substituents is 1. The molecule has 0 saturated carbocycles. The van der Waals surface area contributed by atoms with Crippen LogP contribution in [0.15, 0.2) is 40.4 Å². The third-order valence-corrected chi connectivity index (χ3v) is 5.32. The molecular formula is C18H11BrCl2N2O4. The summed E-state index contributed by atoms with van der Waals surface area (Å²) in [6.45, 7) is 1.81. The van der Waals surface area contributed by atoms with Crippen LogP contribution in [0.25, 0.3) is 6.08 Å². The van der Waals surface area contributed by atoms with Gasteiger partial charge < -0.3 is 5.11 Å². The number of nitrogens with zero attached hydrogens (tertiary/aromatic N) is 1. The lowest BCUT2D eigenvalue weighted by atomic mass is 10.1. The number of aryl methyl sites for hydroxylation is 1. The third-order valence-electron chi connectivity index (χ3n) is 3.85. The highest BCUT2D eigenvalue weighted by molar-refractivity contribution is 9.10. The second-order valence-corrected chi connectivity index (χ2v) is 7.39. The van der Waals surface area contributed by atoms with E-state index in [1.165, 1.54) is 18.2 Å². The van der Waals surface area contributed by atoms with Gasteiger partial charge >= 0.3 is 6.03 Å². The standard InChI is InChI=1S/C18H11BrCl2N2O4/c1-8-4-10(2-3-12(8)19)23-17(26)11(16(25)22-18(23)27)5-9-6-13(20)15(24)14(21)7-9/h2-7,24H,1H3,(H,22,25,27)/b11-5-. The number of urea groups is 1. The Balaban J connectivity index is 2.06. The molecule has 6 nitrogen and oxygen atoms in total. The number of imide groups is 2. The topological polar surface area (TPSA) is 86.7 Å². The smallest absolute Gasteiger partial charge is 0.335 e. The van der Waals surface area contributed by atoms with E-state index in [0.717, 1.165) is 14.9 Å². The molecule has 0 atom stereocenters. The number of nitrogens with one attached hydrogen (secondary N) is 1. The molecule has 3 rings (SSSR count). The van der Waals surface area contributed by atoms with Crippen LogP contribution < -0.4 is 10.2 Å². The van der Waals surface area contributed by atoms with Gasteiger partial charge in [0.25, 0.3) is 11.8 Å². The second-order valence-electron chi connectivity index (χ2n) is 5.72. The van der Waals surface area contributed by atoms with E-state index in [1.807, 2.05) is 6.92 Å². The zero-order valence-electron chi connectivity index (χ0n) is 13.7. The minimum absolute atomic E-state index is 0.0329. The summed E-state index contributed by atoms with van der Waals surface area (Å²) < 4.78 is 0.816. The van der Waals surface area contributed by atoms with E-state index < -0.39 is 17.8 Å². The molecule has 1 fully saturated rings. The fourth-order valence-electron chi connectivity index (χ4n) is 2.50. The Morgan fingerprint density at radius 3 is 2.33 bits per heavy atom. The lowest BCUT2D eigenvalue weighted by Gasteiger charge is -2.26. The van der Waals surface area contributed by atoms with Gasteiger partial charge in [0, 0.05) is 4.47 Å². The first-order valence-electron chi connectivity index (χ1n) is 7.54. The average Bonchev–Trinajstić information content (AvgIpc) is 2.59. The van der Waals surface area contributed by atoms with Crippen molar-refractivity contribution < 1.29 is 19.5 Å². The van der Waals surface area contributed by atoms with Crippen molar-refractivity contribution in [2.24, 2.45) is 0 Å². The van der Waals surface area contributed by atoms with Crippen LogP contribution in [0.4, 0.5) is 10.5 Å². The molecule has 0 spiro atoms. The molecule has 0 bridgehead atoms. The Hall–Kier alpha value is -2.35. The molecule has 0 unspecified atom stereocenters. The first-order chi connectivity index (χ1) is 12.7. The number of carbonyl (C=O) groups is 3. The van der Waals surface area contributed by atoms with Crippen molar-refractivity contribution in [3.8, 4) is 5.75 Å². The number of halogens is 3. The summed E-state index contributed by atoms with van der Waals surface area (Å²) in [5.74, 6) is -1.93. The van der Waals surface area contributed by atoms with E-state index in [0.29, 0.717) is 11.3 Å². The number of carbonyl (C=O) groups excluding carboxylic acids is 3. The summed E-state index contributed by atoms with van der Waals surface area (Å²) >= 11 is 15.1. The van der Waals surface area contributed by atoms with Gasteiger partial charge in [-0.05, 0) is 54.5 Å². The van der Waals surface area contributed by atoms with Gasteiger partial charge in [0.15, 0.2) is 5.75 Å². The van der Waals surface area contributed by atoms with Gasteiger partial charge in [-0.3, -0.25) is 14.9 Å². The molecule has 27 heavy (non-hydrogen) atoms. The normalized spacial score (nSPS) is 16.1. The van der Waals surface area contributed by atoms with Crippen molar-refractivity contribution >= 4 is 68.7 Å². The van der Waals surface area contributed by atoms with E-state index in [9.17, 15) is 19.5 Å². The van der Waals surface area contributed by atoms with Crippen LogP contribution in [0.2, 0.25) is 10.0 Å². The first-order valence-corrected chi connectivity index (χ1v) is 9.09.